The molecule has 0 saturated heterocycles. The largest absolute Gasteiger partial charge is 0.490 e. The molecule has 136 valence electrons. The summed E-state index contributed by atoms with van der Waals surface area (Å²) < 4.78 is 10.8. The summed E-state index contributed by atoms with van der Waals surface area (Å²) in [4.78, 5) is 26.7. The molecule has 0 N–H and O–H groups in total. The summed E-state index contributed by atoms with van der Waals surface area (Å²) >= 11 is 5.81. The van der Waals surface area contributed by atoms with E-state index in [1.165, 1.54) is 18.2 Å². The van der Waals surface area contributed by atoms with Crippen LogP contribution in [0.4, 0.5) is 5.69 Å². The van der Waals surface area contributed by atoms with Crippen molar-refractivity contribution in [2.75, 3.05) is 0 Å². The van der Waals surface area contributed by atoms with Crippen LogP contribution in [-0.2, 0) is 16.0 Å². The molecule has 8 heteroatoms. The Labute approximate surface area is 159 Å². The van der Waals surface area contributed by atoms with Crippen molar-refractivity contribution in [2.24, 2.45) is 4.99 Å². The predicted octanol–water partition coefficient (Wildman–Crippen LogP) is 3.92. The number of esters is 1. The summed E-state index contributed by atoms with van der Waals surface area (Å²) in [5.74, 6) is 0.230. The predicted molar refractivity (Wildman–Crippen MR) is 98.9 cm³/mol. The summed E-state index contributed by atoms with van der Waals surface area (Å²) in [6.07, 6.45) is 2.55. The number of nitro benzene ring substituents is 1. The van der Waals surface area contributed by atoms with Gasteiger partial charge in [0.05, 0.1) is 4.92 Å². The molecular formula is C19H13ClN2O5. The first-order valence-corrected chi connectivity index (χ1v) is 8.55. The van der Waals surface area contributed by atoms with Crippen LogP contribution < -0.4 is 4.74 Å². The fraction of sp³-hybridized carbons (Fsp3) is 0.158. The van der Waals surface area contributed by atoms with Crippen LogP contribution in [0.15, 0.2) is 47.1 Å². The van der Waals surface area contributed by atoms with Gasteiger partial charge in [-0.2, -0.15) is 0 Å². The number of halogens is 1. The number of carbonyl (C=O) groups excluding carboxylic acids is 1. The zero-order chi connectivity index (χ0) is 19.1. The lowest BCUT2D eigenvalue weighted by molar-refractivity contribution is -0.384. The molecule has 2 aliphatic heterocycles. The molecule has 2 aromatic carbocycles. The highest BCUT2D eigenvalue weighted by molar-refractivity contribution is 6.32. The Kier molecular flexibility index (Phi) is 4.16. The average Bonchev–Trinajstić information content (AvgIpc) is 3.16. The number of nitrogens with zero attached hydrogens (tertiary/aromatic N) is 2. The first-order chi connectivity index (χ1) is 12.9. The summed E-state index contributed by atoms with van der Waals surface area (Å²) in [6, 6.07) is 9.75. The Balaban J connectivity index is 1.66. The number of ether oxygens (including phenoxy) is 2. The first-order valence-electron chi connectivity index (χ1n) is 8.17. The van der Waals surface area contributed by atoms with Gasteiger partial charge in [0, 0.05) is 18.1 Å². The van der Waals surface area contributed by atoms with Crippen molar-refractivity contribution in [1.29, 1.82) is 0 Å². The fourth-order valence-corrected chi connectivity index (χ4v) is 3.19. The highest BCUT2D eigenvalue weighted by Gasteiger charge is 2.26. The van der Waals surface area contributed by atoms with E-state index in [2.05, 4.69) is 4.99 Å². The van der Waals surface area contributed by atoms with Gasteiger partial charge in [-0.15, -0.1) is 0 Å². The number of rotatable bonds is 3. The van der Waals surface area contributed by atoms with E-state index < -0.39 is 10.9 Å². The van der Waals surface area contributed by atoms with Crippen LogP contribution in [0, 0.1) is 10.1 Å². The second-order valence-electron chi connectivity index (χ2n) is 6.26. The first kappa shape index (κ1) is 17.2. The molecule has 0 aromatic heterocycles. The molecule has 1 atom stereocenters. The molecule has 0 radical (unpaired) electrons. The number of benzene rings is 2. The van der Waals surface area contributed by atoms with Crippen LogP contribution in [0.1, 0.15) is 23.6 Å². The molecule has 0 unspecified atom stereocenters. The molecule has 2 aromatic rings. The molecule has 2 aliphatic rings. The summed E-state index contributed by atoms with van der Waals surface area (Å²) in [7, 11) is 0. The minimum absolute atomic E-state index is 0.000901. The van der Waals surface area contributed by atoms with Crippen LogP contribution in [-0.4, -0.2) is 22.9 Å². The normalized spacial score (nSPS) is 19.5. The SMILES string of the molecule is C[C@H]1Cc2cc(/C=C3\N=C(c4ccc(Cl)c([N+](=O)[O-])c4)OC3=O)ccc2O1. The van der Waals surface area contributed by atoms with E-state index in [1.54, 1.807) is 6.08 Å². The summed E-state index contributed by atoms with van der Waals surface area (Å²) in [6.45, 7) is 1.99. The Bertz CT molecular complexity index is 1040. The molecule has 7 nitrogen and oxygen atoms in total. The minimum atomic E-state index is -0.618. The highest BCUT2D eigenvalue weighted by atomic mass is 35.5. The van der Waals surface area contributed by atoms with E-state index >= 15 is 0 Å². The van der Waals surface area contributed by atoms with E-state index in [0.717, 1.165) is 23.3 Å². The molecule has 0 spiro atoms. The van der Waals surface area contributed by atoms with Gasteiger partial charge >= 0.3 is 5.97 Å². The number of hydrogen-bond acceptors (Lipinski definition) is 6. The zero-order valence-corrected chi connectivity index (χ0v) is 14.9. The smallest absolute Gasteiger partial charge is 0.363 e. The van der Waals surface area contributed by atoms with E-state index in [-0.39, 0.29) is 28.4 Å². The zero-order valence-electron chi connectivity index (χ0n) is 14.1. The van der Waals surface area contributed by atoms with Crippen LogP contribution >= 0.6 is 11.6 Å². The van der Waals surface area contributed by atoms with Gasteiger partial charge in [-0.05, 0) is 48.4 Å². The average molecular weight is 385 g/mol. The van der Waals surface area contributed by atoms with E-state index in [1.807, 2.05) is 25.1 Å². The van der Waals surface area contributed by atoms with Gasteiger partial charge in [-0.25, -0.2) is 9.79 Å². The molecule has 0 aliphatic carbocycles. The number of hydrogen-bond donors (Lipinski definition) is 0. The number of nitro groups is 1. The van der Waals surface area contributed by atoms with Gasteiger partial charge in [0.25, 0.3) is 5.69 Å². The van der Waals surface area contributed by atoms with Crippen molar-refractivity contribution >= 4 is 35.2 Å². The molecule has 0 fully saturated rings. The molecule has 0 bridgehead atoms. The third kappa shape index (κ3) is 3.29. The number of fused-ring (bicyclic) bond motifs is 1. The van der Waals surface area contributed by atoms with Crippen LogP contribution in [0.25, 0.3) is 6.08 Å². The third-order valence-electron chi connectivity index (χ3n) is 4.23. The van der Waals surface area contributed by atoms with Gasteiger partial charge in [0.2, 0.25) is 5.90 Å². The Morgan fingerprint density at radius 2 is 2.11 bits per heavy atom. The van der Waals surface area contributed by atoms with Gasteiger partial charge in [0.1, 0.15) is 16.9 Å². The maximum Gasteiger partial charge on any atom is 0.363 e. The lowest BCUT2D eigenvalue weighted by Crippen LogP contribution is -2.06. The van der Waals surface area contributed by atoms with Gasteiger partial charge in [0.15, 0.2) is 5.70 Å². The number of cyclic esters (lactones) is 1. The Morgan fingerprint density at radius 1 is 1.30 bits per heavy atom. The van der Waals surface area contributed by atoms with Crippen molar-refractivity contribution in [3.63, 3.8) is 0 Å². The standard InChI is InChI=1S/C19H13ClN2O5/c1-10-6-13-7-11(2-5-17(13)26-10)8-15-19(23)27-18(21-15)12-3-4-14(20)16(9-12)22(24)25/h2-5,7-10H,6H2,1H3/b15-8-/t10-/m0/s1. The van der Waals surface area contributed by atoms with Gasteiger partial charge in [-0.3, -0.25) is 10.1 Å². The molecule has 27 heavy (non-hydrogen) atoms. The topological polar surface area (TPSA) is 91.0 Å². The maximum absolute atomic E-state index is 12.1. The number of carbonyl (C=O) groups is 1. The van der Waals surface area contributed by atoms with Crippen molar-refractivity contribution < 1.29 is 19.2 Å². The highest BCUT2D eigenvalue weighted by Crippen LogP contribution is 2.31. The van der Waals surface area contributed by atoms with Crippen molar-refractivity contribution in [3.05, 3.63) is 73.9 Å². The molecule has 0 saturated carbocycles. The van der Waals surface area contributed by atoms with Gasteiger partial charge in [-0.1, -0.05) is 17.7 Å². The molecule has 0 amide bonds. The maximum atomic E-state index is 12.1. The van der Waals surface area contributed by atoms with Crippen molar-refractivity contribution in [1.82, 2.24) is 0 Å². The lowest BCUT2D eigenvalue weighted by atomic mass is 10.1. The van der Waals surface area contributed by atoms with Crippen LogP contribution in [0.2, 0.25) is 5.02 Å². The van der Waals surface area contributed by atoms with E-state index in [9.17, 15) is 14.9 Å². The third-order valence-corrected chi connectivity index (χ3v) is 4.55. The minimum Gasteiger partial charge on any atom is -0.490 e. The van der Waals surface area contributed by atoms with Crippen molar-refractivity contribution in [3.8, 4) is 5.75 Å². The Morgan fingerprint density at radius 3 is 2.89 bits per heavy atom. The Hall–Kier alpha value is -3.19. The van der Waals surface area contributed by atoms with Crippen molar-refractivity contribution in [2.45, 2.75) is 19.4 Å². The molecule has 4 rings (SSSR count). The number of aliphatic imine (C=N–C) groups is 1. The second-order valence-corrected chi connectivity index (χ2v) is 6.67. The van der Waals surface area contributed by atoms with Crippen LogP contribution in [0.5, 0.6) is 5.75 Å². The summed E-state index contributed by atoms with van der Waals surface area (Å²) in [5.41, 5.74) is 2.01. The quantitative estimate of drug-likeness (QED) is 0.346. The molecular weight excluding hydrogens is 372 g/mol. The fourth-order valence-electron chi connectivity index (χ4n) is 3.01. The van der Waals surface area contributed by atoms with Crippen LogP contribution in [0.3, 0.4) is 0 Å². The van der Waals surface area contributed by atoms with E-state index in [0.29, 0.717) is 5.56 Å². The second kappa shape index (κ2) is 6.51. The molecule has 2 heterocycles. The van der Waals surface area contributed by atoms with Gasteiger partial charge < -0.3 is 9.47 Å². The monoisotopic (exact) mass is 384 g/mol. The van der Waals surface area contributed by atoms with E-state index in [4.69, 9.17) is 21.1 Å². The summed E-state index contributed by atoms with van der Waals surface area (Å²) in [5, 5.41) is 11.0. The lowest BCUT2D eigenvalue weighted by Gasteiger charge is -2.02.